The van der Waals surface area contributed by atoms with Crippen molar-refractivity contribution in [2.45, 2.75) is 39.2 Å². The fourth-order valence-electron chi connectivity index (χ4n) is 5.28. The number of aliphatic carboxylic acids is 1. The molecule has 3 aromatic carbocycles. The molecular formula is C27H26O3. The molecule has 1 N–H and O–H groups in total. The predicted molar refractivity (Wildman–Crippen MR) is 118 cm³/mol. The number of hydrogen-bond donors (Lipinski definition) is 1. The highest BCUT2D eigenvalue weighted by Crippen LogP contribution is 2.60. The Labute approximate surface area is 177 Å². The summed E-state index contributed by atoms with van der Waals surface area (Å²) >= 11 is 0. The molecule has 3 unspecified atom stereocenters. The Bertz CT molecular complexity index is 1110. The Morgan fingerprint density at radius 3 is 2.57 bits per heavy atom. The monoisotopic (exact) mass is 398 g/mol. The topological polar surface area (TPSA) is 46.5 Å². The van der Waals surface area contributed by atoms with Crippen LogP contribution in [0, 0.1) is 25.7 Å². The van der Waals surface area contributed by atoms with E-state index in [9.17, 15) is 9.90 Å². The van der Waals surface area contributed by atoms with E-state index in [0.29, 0.717) is 12.5 Å². The van der Waals surface area contributed by atoms with Gasteiger partial charge in [0.1, 0.15) is 12.4 Å². The maximum Gasteiger partial charge on any atom is 0.307 e. The molecule has 0 aliphatic heterocycles. The van der Waals surface area contributed by atoms with Gasteiger partial charge in [0.05, 0.1) is 5.92 Å². The quantitative estimate of drug-likeness (QED) is 0.581. The second kappa shape index (κ2) is 7.32. The van der Waals surface area contributed by atoms with E-state index in [1.54, 1.807) is 0 Å². The lowest BCUT2D eigenvalue weighted by Gasteiger charge is -2.16. The summed E-state index contributed by atoms with van der Waals surface area (Å²) < 4.78 is 6.12. The largest absolute Gasteiger partial charge is 0.489 e. The Morgan fingerprint density at radius 1 is 1.03 bits per heavy atom. The second-order valence-electron chi connectivity index (χ2n) is 8.71. The third-order valence-corrected chi connectivity index (χ3v) is 6.78. The third kappa shape index (κ3) is 3.28. The first kappa shape index (κ1) is 18.9. The van der Waals surface area contributed by atoms with Gasteiger partial charge in [0.15, 0.2) is 0 Å². The summed E-state index contributed by atoms with van der Waals surface area (Å²) in [4.78, 5) is 11.4. The zero-order chi connectivity index (χ0) is 20.8. The van der Waals surface area contributed by atoms with Crippen LogP contribution in [0.5, 0.6) is 5.75 Å². The number of aryl methyl sites for hydroxylation is 3. The summed E-state index contributed by atoms with van der Waals surface area (Å²) in [5.41, 5.74) is 8.67. The maximum atomic E-state index is 11.4. The van der Waals surface area contributed by atoms with Crippen LogP contribution in [0.1, 0.15) is 40.2 Å². The van der Waals surface area contributed by atoms with Crippen LogP contribution in [-0.4, -0.2) is 11.1 Å². The van der Waals surface area contributed by atoms with Gasteiger partial charge in [-0.1, -0.05) is 42.5 Å². The first-order chi connectivity index (χ1) is 14.5. The van der Waals surface area contributed by atoms with Crippen LogP contribution >= 0.6 is 0 Å². The molecular weight excluding hydrogens is 372 g/mol. The average molecular weight is 399 g/mol. The minimum atomic E-state index is -0.651. The highest BCUT2D eigenvalue weighted by molar-refractivity contribution is 5.77. The molecule has 3 atom stereocenters. The Hall–Kier alpha value is -3.07. The molecule has 0 bridgehead atoms. The summed E-state index contributed by atoms with van der Waals surface area (Å²) in [5, 5.41) is 9.39. The van der Waals surface area contributed by atoms with E-state index in [-0.39, 0.29) is 11.8 Å². The van der Waals surface area contributed by atoms with Crippen molar-refractivity contribution in [1.82, 2.24) is 0 Å². The van der Waals surface area contributed by atoms with Gasteiger partial charge in [0, 0.05) is 5.92 Å². The van der Waals surface area contributed by atoms with Gasteiger partial charge >= 0.3 is 5.97 Å². The van der Waals surface area contributed by atoms with Crippen LogP contribution in [0.2, 0.25) is 0 Å². The van der Waals surface area contributed by atoms with Gasteiger partial charge in [-0.3, -0.25) is 4.79 Å². The van der Waals surface area contributed by atoms with Crippen LogP contribution in [0.25, 0.3) is 11.1 Å². The number of carboxylic acids is 1. The molecule has 3 heteroatoms. The second-order valence-corrected chi connectivity index (χ2v) is 8.71. The lowest BCUT2D eigenvalue weighted by Crippen LogP contribution is -2.03. The van der Waals surface area contributed by atoms with Crippen molar-refractivity contribution in [3.05, 3.63) is 88.5 Å². The number of rotatable bonds is 5. The van der Waals surface area contributed by atoms with Gasteiger partial charge in [-0.05, 0) is 89.8 Å². The Morgan fingerprint density at radius 2 is 1.80 bits per heavy atom. The summed E-state index contributed by atoms with van der Waals surface area (Å²) in [5.74, 6) is 0.550. The molecule has 0 radical (unpaired) electrons. The number of ether oxygens (including phenoxy) is 1. The average Bonchev–Trinajstić information content (AvgIpc) is 3.48. The maximum absolute atomic E-state index is 11.4. The number of hydrogen-bond acceptors (Lipinski definition) is 2. The van der Waals surface area contributed by atoms with E-state index in [1.165, 1.54) is 33.4 Å². The molecule has 30 heavy (non-hydrogen) atoms. The number of benzene rings is 3. The zero-order valence-corrected chi connectivity index (χ0v) is 17.4. The molecule has 0 spiro atoms. The van der Waals surface area contributed by atoms with E-state index in [4.69, 9.17) is 4.74 Å². The molecule has 0 amide bonds. The Balaban J connectivity index is 1.32. The normalized spacial score (nSPS) is 21.5. The van der Waals surface area contributed by atoms with Crippen molar-refractivity contribution in [3.8, 4) is 16.9 Å². The molecule has 1 saturated carbocycles. The zero-order valence-electron chi connectivity index (χ0n) is 17.4. The van der Waals surface area contributed by atoms with Crippen molar-refractivity contribution >= 4 is 5.97 Å². The van der Waals surface area contributed by atoms with Crippen molar-refractivity contribution < 1.29 is 14.6 Å². The summed E-state index contributed by atoms with van der Waals surface area (Å²) in [6.45, 7) is 4.82. The van der Waals surface area contributed by atoms with E-state index in [2.05, 4.69) is 68.4 Å². The molecule has 0 aromatic heterocycles. The number of carboxylic acid groups (broad SMARTS) is 1. The highest BCUT2D eigenvalue weighted by Gasteiger charge is 2.57. The van der Waals surface area contributed by atoms with Crippen molar-refractivity contribution in [3.63, 3.8) is 0 Å². The van der Waals surface area contributed by atoms with Crippen molar-refractivity contribution in [2.24, 2.45) is 11.8 Å². The van der Waals surface area contributed by atoms with Gasteiger partial charge in [-0.2, -0.15) is 0 Å². The molecule has 5 rings (SSSR count). The molecule has 152 valence electrons. The molecule has 2 aliphatic rings. The van der Waals surface area contributed by atoms with Crippen molar-refractivity contribution in [2.75, 3.05) is 0 Å². The van der Waals surface area contributed by atoms with Crippen LogP contribution in [-0.2, 0) is 17.8 Å². The summed E-state index contributed by atoms with van der Waals surface area (Å²) in [7, 11) is 0. The number of fused-ring (bicyclic) bond motifs is 3. The van der Waals surface area contributed by atoms with E-state index in [1.807, 2.05) is 6.07 Å². The van der Waals surface area contributed by atoms with Crippen LogP contribution in [0.15, 0.2) is 60.7 Å². The first-order valence-corrected chi connectivity index (χ1v) is 10.7. The van der Waals surface area contributed by atoms with E-state index >= 15 is 0 Å². The minimum absolute atomic E-state index is 0.189. The SMILES string of the molecule is Cc1cccc(C)c1-c1cccc(COc2ccc3c(c2)CCC2C(C(=O)O)C32)c1. The molecule has 0 saturated heterocycles. The number of carbonyl (C=O) groups is 1. The van der Waals surface area contributed by atoms with Crippen LogP contribution < -0.4 is 4.74 Å². The van der Waals surface area contributed by atoms with Crippen LogP contribution in [0.3, 0.4) is 0 Å². The molecule has 1 fully saturated rings. The lowest BCUT2D eigenvalue weighted by molar-refractivity contribution is -0.139. The van der Waals surface area contributed by atoms with Crippen molar-refractivity contribution in [1.29, 1.82) is 0 Å². The standard InChI is InChI=1S/C27H26O3/c1-16-5-3-6-17(2)24(16)20-8-4-7-18(13-20)15-30-21-10-12-22-19(14-21)9-11-23-25(22)26(23)27(28)29/h3-8,10,12-14,23,25-26H,9,11,15H2,1-2H3,(H,28,29). The summed E-state index contributed by atoms with van der Waals surface area (Å²) in [6.07, 6.45) is 1.91. The van der Waals surface area contributed by atoms with Gasteiger partial charge in [-0.15, -0.1) is 0 Å². The smallest absolute Gasteiger partial charge is 0.307 e. The van der Waals surface area contributed by atoms with Gasteiger partial charge in [-0.25, -0.2) is 0 Å². The summed E-state index contributed by atoms with van der Waals surface area (Å²) in [6, 6.07) is 21.1. The molecule has 3 nitrogen and oxygen atoms in total. The van der Waals surface area contributed by atoms with Gasteiger partial charge in [0.2, 0.25) is 0 Å². The molecule has 0 heterocycles. The molecule has 3 aromatic rings. The highest BCUT2D eigenvalue weighted by atomic mass is 16.5. The first-order valence-electron chi connectivity index (χ1n) is 10.7. The van der Waals surface area contributed by atoms with E-state index in [0.717, 1.165) is 24.2 Å². The van der Waals surface area contributed by atoms with Gasteiger partial charge in [0.25, 0.3) is 0 Å². The van der Waals surface area contributed by atoms with Crippen LogP contribution in [0.4, 0.5) is 0 Å². The lowest BCUT2D eigenvalue weighted by atomic mass is 9.91. The molecule has 2 aliphatic carbocycles. The minimum Gasteiger partial charge on any atom is -0.489 e. The Kier molecular flexibility index (Phi) is 4.62. The van der Waals surface area contributed by atoms with E-state index < -0.39 is 5.97 Å². The fourth-order valence-corrected chi connectivity index (χ4v) is 5.28. The predicted octanol–water partition coefficient (Wildman–Crippen LogP) is 5.91. The van der Waals surface area contributed by atoms with Gasteiger partial charge < -0.3 is 9.84 Å². The third-order valence-electron chi connectivity index (χ3n) is 6.78. The fraction of sp³-hybridized carbons (Fsp3) is 0.296.